The van der Waals surface area contributed by atoms with Crippen molar-refractivity contribution in [1.29, 1.82) is 0 Å². The molecule has 1 aliphatic rings. The van der Waals surface area contributed by atoms with Crippen molar-refractivity contribution in [2.75, 3.05) is 5.73 Å². The van der Waals surface area contributed by atoms with Crippen molar-refractivity contribution in [2.45, 2.75) is 32.7 Å². The van der Waals surface area contributed by atoms with Crippen LogP contribution >= 0.6 is 11.6 Å². The summed E-state index contributed by atoms with van der Waals surface area (Å²) in [6, 6.07) is 2.97. The molecule has 0 radical (unpaired) electrons. The van der Waals surface area contributed by atoms with Gasteiger partial charge in [0.1, 0.15) is 5.82 Å². The zero-order chi connectivity index (χ0) is 13.6. The summed E-state index contributed by atoms with van der Waals surface area (Å²) in [6.45, 7) is 3.08. The summed E-state index contributed by atoms with van der Waals surface area (Å²) in [5.41, 5.74) is 7.36. The topological polar surface area (TPSA) is 43.8 Å². The van der Waals surface area contributed by atoms with E-state index in [1.54, 1.807) is 0 Å². The number of nitrogens with zero attached hydrogens (tertiary/aromatic N) is 2. The normalized spacial score (nSPS) is 23.3. The predicted molar refractivity (Wildman–Crippen MR) is 75.6 cm³/mol. The molecule has 1 aromatic carbocycles. The third-order valence-corrected chi connectivity index (χ3v) is 4.57. The fourth-order valence-electron chi connectivity index (χ4n) is 3.06. The molecule has 2 N–H and O–H groups in total. The van der Waals surface area contributed by atoms with E-state index in [1.165, 1.54) is 31.4 Å². The summed E-state index contributed by atoms with van der Waals surface area (Å²) in [7, 11) is 0. The number of aromatic nitrogens is 2. The summed E-state index contributed by atoms with van der Waals surface area (Å²) >= 11 is 5.78. The van der Waals surface area contributed by atoms with Crippen molar-refractivity contribution in [1.82, 2.24) is 9.55 Å². The zero-order valence-electron chi connectivity index (χ0n) is 10.9. The number of benzene rings is 1. The highest BCUT2D eigenvalue weighted by Crippen LogP contribution is 2.34. The van der Waals surface area contributed by atoms with Crippen LogP contribution in [0.4, 0.5) is 10.3 Å². The van der Waals surface area contributed by atoms with E-state index in [1.807, 2.05) is 4.57 Å². The standard InChI is InChI=1S/C14H17ClFN3/c1-8-3-2-4-9(8)7-19-13-6-11(16)10(15)5-12(13)18-14(19)17/h5-6,8-9H,2-4,7H2,1H3,(H2,17,18). The van der Waals surface area contributed by atoms with Crippen LogP contribution < -0.4 is 5.73 Å². The smallest absolute Gasteiger partial charge is 0.201 e. The fraction of sp³-hybridized carbons (Fsp3) is 0.500. The van der Waals surface area contributed by atoms with Crippen molar-refractivity contribution < 1.29 is 4.39 Å². The minimum Gasteiger partial charge on any atom is -0.369 e. The molecule has 0 bridgehead atoms. The van der Waals surface area contributed by atoms with Gasteiger partial charge < -0.3 is 10.3 Å². The molecular weight excluding hydrogens is 265 g/mol. The summed E-state index contributed by atoms with van der Waals surface area (Å²) in [5.74, 6) is 1.30. The van der Waals surface area contributed by atoms with Gasteiger partial charge in [-0.1, -0.05) is 31.4 Å². The summed E-state index contributed by atoms with van der Waals surface area (Å²) in [4.78, 5) is 4.27. The predicted octanol–water partition coefficient (Wildman–Crippen LogP) is 3.85. The van der Waals surface area contributed by atoms with Gasteiger partial charge in [-0.3, -0.25) is 0 Å². The average Bonchev–Trinajstić information content (AvgIpc) is 2.88. The van der Waals surface area contributed by atoms with Crippen LogP contribution in [0.3, 0.4) is 0 Å². The van der Waals surface area contributed by atoms with E-state index in [-0.39, 0.29) is 5.02 Å². The molecule has 3 rings (SSSR count). The van der Waals surface area contributed by atoms with Crippen molar-refractivity contribution >= 4 is 28.6 Å². The maximum atomic E-state index is 13.6. The molecule has 19 heavy (non-hydrogen) atoms. The molecule has 1 aromatic heterocycles. The molecule has 1 heterocycles. The summed E-state index contributed by atoms with van der Waals surface area (Å²) in [6.07, 6.45) is 3.73. The minimum atomic E-state index is -0.421. The first-order chi connectivity index (χ1) is 9.06. The molecule has 2 aromatic rings. The molecule has 2 unspecified atom stereocenters. The number of rotatable bonds is 2. The molecule has 2 atom stereocenters. The first kappa shape index (κ1) is 12.7. The molecule has 102 valence electrons. The molecule has 0 saturated heterocycles. The highest BCUT2D eigenvalue weighted by Gasteiger charge is 2.25. The van der Waals surface area contributed by atoms with Gasteiger partial charge in [0.15, 0.2) is 0 Å². The second-order valence-electron chi connectivity index (χ2n) is 5.50. The van der Waals surface area contributed by atoms with Crippen LogP contribution in [-0.4, -0.2) is 9.55 Å². The van der Waals surface area contributed by atoms with Crippen molar-refractivity contribution in [3.05, 3.63) is 23.0 Å². The molecule has 3 nitrogen and oxygen atoms in total. The molecule has 1 saturated carbocycles. The van der Waals surface area contributed by atoms with E-state index in [0.717, 1.165) is 12.1 Å². The quantitative estimate of drug-likeness (QED) is 0.909. The van der Waals surface area contributed by atoms with E-state index < -0.39 is 5.82 Å². The Morgan fingerprint density at radius 3 is 2.95 bits per heavy atom. The summed E-state index contributed by atoms with van der Waals surface area (Å²) in [5, 5.41) is 0.0892. The average molecular weight is 282 g/mol. The second kappa shape index (κ2) is 4.67. The monoisotopic (exact) mass is 281 g/mol. The number of fused-ring (bicyclic) bond motifs is 1. The van der Waals surface area contributed by atoms with Crippen LogP contribution in [0.1, 0.15) is 26.2 Å². The van der Waals surface area contributed by atoms with Crippen LogP contribution in [0.5, 0.6) is 0 Å². The van der Waals surface area contributed by atoms with Crippen LogP contribution in [0.2, 0.25) is 5.02 Å². The van der Waals surface area contributed by atoms with E-state index in [2.05, 4.69) is 11.9 Å². The number of anilines is 1. The van der Waals surface area contributed by atoms with Gasteiger partial charge in [0, 0.05) is 12.6 Å². The fourth-order valence-corrected chi connectivity index (χ4v) is 3.22. The zero-order valence-corrected chi connectivity index (χ0v) is 11.6. The Hall–Kier alpha value is -1.29. The van der Waals surface area contributed by atoms with Gasteiger partial charge in [0.25, 0.3) is 0 Å². The lowest BCUT2D eigenvalue weighted by atomic mass is 9.98. The van der Waals surface area contributed by atoms with E-state index in [9.17, 15) is 4.39 Å². The van der Waals surface area contributed by atoms with Crippen molar-refractivity contribution in [2.24, 2.45) is 11.8 Å². The Bertz CT molecular complexity index is 623. The molecule has 5 heteroatoms. The first-order valence-corrected chi connectivity index (χ1v) is 7.05. The van der Waals surface area contributed by atoms with Gasteiger partial charge in [-0.25, -0.2) is 9.37 Å². The lowest BCUT2D eigenvalue weighted by Gasteiger charge is -2.17. The number of imidazole rings is 1. The number of nitrogens with two attached hydrogens (primary N) is 1. The molecule has 0 aliphatic heterocycles. The number of nitrogen functional groups attached to an aromatic ring is 1. The number of halogens is 2. The van der Waals surface area contributed by atoms with Crippen LogP contribution in [0, 0.1) is 17.7 Å². The van der Waals surface area contributed by atoms with Gasteiger partial charge in [-0.05, 0) is 24.3 Å². The molecule has 0 spiro atoms. The minimum absolute atomic E-state index is 0.0892. The van der Waals surface area contributed by atoms with Crippen molar-refractivity contribution in [3.8, 4) is 0 Å². The van der Waals surface area contributed by atoms with Gasteiger partial charge in [0.05, 0.1) is 16.1 Å². The van der Waals surface area contributed by atoms with E-state index >= 15 is 0 Å². The highest BCUT2D eigenvalue weighted by atomic mass is 35.5. The Morgan fingerprint density at radius 2 is 2.26 bits per heavy atom. The highest BCUT2D eigenvalue weighted by molar-refractivity contribution is 6.31. The third kappa shape index (κ3) is 2.18. The Kier molecular flexibility index (Phi) is 3.13. The van der Waals surface area contributed by atoms with Gasteiger partial charge in [-0.2, -0.15) is 0 Å². The number of hydrogen-bond acceptors (Lipinski definition) is 2. The van der Waals surface area contributed by atoms with Gasteiger partial charge >= 0.3 is 0 Å². The molecular formula is C14H17ClFN3. The Balaban J connectivity index is 2.02. The van der Waals surface area contributed by atoms with E-state index in [0.29, 0.717) is 23.3 Å². The maximum Gasteiger partial charge on any atom is 0.201 e. The van der Waals surface area contributed by atoms with Crippen LogP contribution in [0.25, 0.3) is 11.0 Å². The Morgan fingerprint density at radius 1 is 1.47 bits per heavy atom. The summed E-state index contributed by atoms with van der Waals surface area (Å²) < 4.78 is 15.5. The van der Waals surface area contributed by atoms with Crippen LogP contribution in [-0.2, 0) is 6.54 Å². The number of hydrogen-bond donors (Lipinski definition) is 1. The lowest BCUT2D eigenvalue weighted by Crippen LogP contribution is -2.14. The van der Waals surface area contributed by atoms with Gasteiger partial charge in [0.2, 0.25) is 5.95 Å². The third-order valence-electron chi connectivity index (χ3n) is 4.28. The van der Waals surface area contributed by atoms with E-state index in [4.69, 9.17) is 17.3 Å². The molecule has 1 fully saturated rings. The first-order valence-electron chi connectivity index (χ1n) is 6.67. The second-order valence-corrected chi connectivity index (χ2v) is 5.91. The van der Waals surface area contributed by atoms with Crippen molar-refractivity contribution in [3.63, 3.8) is 0 Å². The van der Waals surface area contributed by atoms with Gasteiger partial charge in [-0.15, -0.1) is 0 Å². The molecule has 0 amide bonds. The Labute approximate surface area is 116 Å². The lowest BCUT2D eigenvalue weighted by molar-refractivity contribution is 0.370. The van der Waals surface area contributed by atoms with Crippen LogP contribution in [0.15, 0.2) is 12.1 Å². The maximum absolute atomic E-state index is 13.6. The molecule has 1 aliphatic carbocycles. The SMILES string of the molecule is CC1CCCC1Cn1c(N)nc2cc(Cl)c(F)cc21. The largest absolute Gasteiger partial charge is 0.369 e.